The molecule has 2 aromatic heterocycles. The molecule has 1 aliphatic rings. The van der Waals surface area contributed by atoms with Gasteiger partial charge in [0, 0.05) is 42.9 Å². The standard InChI is InChI=1S/C25H24N6O2/c1-30-13-15-31(16-14-30)22-12-11-21(17-26-22)27-23(32)18-7-9-20(10-8-18)25-29-28-24(33-25)19-5-3-2-4-6-19/h2-12,17H,13-16H2,1H3,(H,27,32). The third-order valence-electron chi connectivity index (χ3n) is 5.67. The van der Waals surface area contributed by atoms with E-state index in [0.717, 1.165) is 43.1 Å². The molecular formula is C25H24N6O2. The van der Waals surface area contributed by atoms with Crippen LogP contribution in [0.3, 0.4) is 0 Å². The fraction of sp³-hybridized carbons (Fsp3) is 0.200. The van der Waals surface area contributed by atoms with Gasteiger partial charge in [-0.2, -0.15) is 0 Å². The summed E-state index contributed by atoms with van der Waals surface area (Å²) in [6.07, 6.45) is 1.70. The number of nitrogens with one attached hydrogen (secondary N) is 1. The highest BCUT2D eigenvalue weighted by molar-refractivity contribution is 6.04. The van der Waals surface area contributed by atoms with Crippen molar-refractivity contribution in [3.05, 3.63) is 78.5 Å². The second kappa shape index (κ2) is 9.22. The first-order valence-corrected chi connectivity index (χ1v) is 10.9. The van der Waals surface area contributed by atoms with E-state index in [1.165, 1.54) is 0 Å². The molecule has 0 atom stereocenters. The zero-order valence-corrected chi connectivity index (χ0v) is 18.3. The van der Waals surface area contributed by atoms with Crippen LogP contribution < -0.4 is 10.2 Å². The lowest BCUT2D eigenvalue weighted by Crippen LogP contribution is -2.44. The van der Waals surface area contributed by atoms with E-state index in [1.54, 1.807) is 30.5 Å². The fourth-order valence-corrected chi connectivity index (χ4v) is 3.69. The van der Waals surface area contributed by atoms with E-state index in [4.69, 9.17) is 4.42 Å². The summed E-state index contributed by atoms with van der Waals surface area (Å²) in [6.45, 7) is 3.95. The van der Waals surface area contributed by atoms with Crippen molar-refractivity contribution in [3.8, 4) is 22.9 Å². The van der Waals surface area contributed by atoms with Gasteiger partial charge in [-0.15, -0.1) is 10.2 Å². The molecule has 8 nitrogen and oxygen atoms in total. The number of likely N-dealkylation sites (N-methyl/N-ethyl adjacent to an activating group) is 1. The highest BCUT2D eigenvalue weighted by atomic mass is 16.4. The van der Waals surface area contributed by atoms with Crippen molar-refractivity contribution in [3.63, 3.8) is 0 Å². The van der Waals surface area contributed by atoms with Crippen LogP contribution in [0.2, 0.25) is 0 Å². The summed E-state index contributed by atoms with van der Waals surface area (Å²) < 4.78 is 5.78. The summed E-state index contributed by atoms with van der Waals surface area (Å²) in [5, 5.41) is 11.1. The number of aromatic nitrogens is 3. The zero-order valence-electron chi connectivity index (χ0n) is 18.3. The first-order chi connectivity index (χ1) is 16.2. The molecule has 4 aromatic rings. The average Bonchev–Trinajstić information content (AvgIpc) is 3.36. The number of amides is 1. The van der Waals surface area contributed by atoms with E-state index in [1.807, 2.05) is 42.5 Å². The summed E-state index contributed by atoms with van der Waals surface area (Å²) in [6, 6.07) is 20.5. The molecule has 33 heavy (non-hydrogen) atoms. The summed E-state index contributed by atoms with van der Waals surface area (Å²) in [5.74, 6) is 1.59. The smallest absolute Gasteiger partial charge is 0.255 e. The van der Waals surface area contributed by atoms with Gasteiger partial charge in [-0.25, -0.2) is 4.98 Å². The Labute approximate surface area is 191 Å². The molecule has 3 heterocycles. The Kier molecular flexibility index (Phi) is 5.82. The first-order valence-electron chi connectivity index (χ1n) is 10.9. The summed E-state index contributed by atoms with van der Waals surface area (Å²) in [5.41, 5.74) is 2.80. The Morgan fingerprint density at radius 2 is 1.52 bits per heavy atom. The number of hydrogen-bond acceptors (Lipinski definition) is 7. The Hall–Kier alpha value is -4.04. The number of carbonyl (C=O) groups excluding carboxylic acids is 1. The van der Waals surface area contributed by atoms with Gasteiger partial charge < -0.3 is 19.5 Å². The second-order valence-electron chi connectivity index (χ2n) is 8.01. The second-order valence-corrected chi connectivity index (χ2v) is 8.01. The molecule has 0 unspecified atom stereocenters. The average molecular weight is 441 g/mol. The van der Waals surface area contributed by atoms with Gasteiger partial charge in [-0.05, 0) is 55.6 Å². The van der Waals surface area contributed by atoms with Crippen LogP contribution in [0, 0.1) is 0 Å². The van der Waals surface area contributed by atoms with E-state index in [2.05, 4.69) is 37.3 Å². The molecule has 0 radical (unpaired) electrons. The van der Waals surface area contributed by atoms with Gasteiger partial charge in [-0.3, -0.25) is 4.79 Å². The van der Waals surface area contributed by atoms with Crippen LogP contribution in [0.15, 0.2) is 77.3 Å². The zero-order chi connectivity index (χ0) is 22.6. The largest absolute Gasteiger partial charge is 0.416 e. The maximum atomic E-state index is 12.7. The molecule has 0 bridgehead atoms. The van der Waals surface area contributed by atoms with Crippen LogP contribution in [0.25, 0.3) is 22.9 Å². The van der Waals surface area contributed by atoms with Gasteiger partial charge >= 0.3 is 0 Å². The van der Waals surface area contributed by atoms with Crippen LogP contribution in [0.1, 0.15) is 10.4 Å². The SMILES string of the molecule is CN1CCN(c2ccc(NC(=O)c3ccc(-c4nnc(-c5ccccc5)o4)cc3)cn2)CC1. The number of benzene rings is 2. The van der Waals surface area contributed by atoms with Gasteiger partial charge in [0.05, 0.1) is 11.9 Å². The quantitative estimate of drug-likeness (QED) is 0.505. The summed E-state index contributed by atoms with van der Waals surface area (Å²) in [4.78, 5) is 21.7. The highest BCUT2D eigenvalue weighted by Crippen LogP contribution is 2.24. The molecule has 1 aliphatic heterocycles. The van der Waals surface area contributed by atoms with Gasteiger partial charge in [0.15, 0.2) is 0 Å². The molecular weight excluding hydrogens is 416 g/mol. The molecule has 0 spiro atoms. The number of nitrogens with zero attached hydrogens (tertiary/aromatic N) is 5. The van der Waals surface area contributed by atoms with Crippen LogP contribution in [-0.4, -0.2) is 59.2 Å². The van der Waals surface area contributed by atoms with Gasteiger partial charge in [0.1, 0.15) is 5.82 Å². The predicted octanol–water partition coefficient (Wildman–Crippen LogP) is 3.80. The van der Waals surface area contributed by atoms with Crippen LogP contribution >= 0.6 is 0 Å². The number of hydrogen-bond donors (Lipinski definition) is 1. The minimum absolute atomic E-state index is 0.203. The number of rotatable bonds is 5. The number of anilines is 2. The molecule has 166 valence electrons. The minimum atomic E-state index is -0.203. The van der Waals surface area contributed by atoms with E-state index >= 15 is 0 Å². The third-order valence-corrected chi connectivity index (χ3v) is 5.67. The van der Waals surface area contributed by atoms with E-state index < -0.39 is 0 Å². The number of piperazine rings is 1. The molecule has 1 fully saturated rings. The lowest BCUT2D eigenvalue weighted by atomic mass is 10.1. The summed E-state index contributed by atoms with van der Waals surface area (Å²) in [7, 11) is 2.12. The lowest BCUT2D eigenvalue weighted by molar-refractivity contribution is 0.102. The monoisotopic (exact) mass is 440 g/mol. The summed E-state index contributed by atoms with van der Waals surface area (Å²) >= 11 is 0. The van der Waals surface area contributed by atoms with Gasteiger partial charge in [0.2, 0.25) is 11.8 Å². The topological polar surface area (TPSA) is 87.4 Å². The number of pyridine rings is 1. The maximum Gasteiger partial charge on any atom is 0.255 e. The van der Waals surface area contributed by atoms with E-state index in [0.29, 0.717) is 23.0 Å². The molecule has 0 saturated carbocycles. The Bertz CT molecular complexity index is 1210. The third kappa shape index (κ3) is 4.75. The number of carbonyl (C=O) groups is 1. The van der Waals surface area contributed by atoms with Crippen molar-refractivity contribution in [2.75, 3.05) is 43.4 Å². The first kappa shape index (κ1) is 20.8. The van der Waals surface area contributed by atoms with Crippen LogP contribution in [0.5, 0.6) is 0 Å². The molecule has 1 N–H and O–H groups in total. The molecule has 2 aromatic carbocycles. The van der Waals surface area contributed by atoms with Crippen molar-refractivity contribution in [1.29, 1.82) is 0 Å². The van der Waals surface area contributed by atoms with Crippen molar-refractivity contribution < 1.29 is 9.21 Å². The van der Waals surface area contributed by atoms with E-state index in [-0.39, 0.29) is 5.91 Å². The molecule has 0 aliphatic carbocycles. The lowest BCUT2D eigenvalue weighted by Gasteiger charge is -2.33. The highest BCUT2D eigenvalue weighted by Gasteiger charge is 2.16. The van der Waals surface area contributed by atoms with Crippen molar-refractivity contribution >= 4 is 17.4 Å². The molecule has 5 rings (SSSR count). The van der Waals surface area contributed by atoms with E-state index in [9.17, 15) is 4.79 Å². The van der Waals surface area contributed by atoms with Gasteiger partial charge in [-0.1, -0.05) is 18.2 Å². The Morgan fingerprint density at radius 1 is 0.848 bits per heavy atom. The Morgan fingerprint density at radius 3 is 2.15 bits per heavy atom. The Balaban J connectivity index is 1.22. The molecule has 1 amide bonds. The fourth-order valence-electron chi connectivity index (χ4n) is 3.69. The maximum absolute atomic E-state index is 12.7. The predicted molar refractivity (Wildman–Crippen MR) is 127 cm³/mol. The minimum Gasteiger partial charge on any atom is -0.416 e. The van der Waals surface area contributed by atoms with Crippen molar-refractivity contribution in [2.45, 2.75) is 0 Å². The molecule has 8 heteroatoms. The van der Waals surface area contributed by atoms with Crippen LogP contribution in [-0.2, 0) is 0 Å². The van der Waals surface area contributed by atoms with Crippen LogP contribution in [0.4, 0.5) is 11.5 Å². The normalized spacial score (nSPS) is 14.3. The molecule has 1 saturated heterocycles. The van der Waals surface area contributed by atoms with Crippen molar-refractivity contribution in [2.24, 2.45) is 0 Å². The van der Waals surface area contributed by atoms with Crippen molar-refractivity contribution in [1.82, 2.24) is 20.1 Å². The van der Waals surface area contributed by atoms with Gasteiger partial charge in [0.25, 0.3) is 5.91 Å².